The first-order valence-corrected chi connectivity index (χ1v) is 4.86. The summed E-state index contributed by atoms with van der Waals surface area (Å²) in [7, 11) is 1.40. The van der Waals surface area contributed by atoms with Gasteiger partial charge in [0.15, 0.2) is 0 Å². The number of epoxide rings is 1. The van der Waals surface area contributed by atoms with E-state index in [1.165, 1.54) is 7.11 Å². The predicted octanol–water partition coefficient (Wildman–Crippen LogP) is 0.725. The summed E-state index contributed by atoms with van der Waals surface area (Å²) in [5, 5.41) is 8.74. The molecule has 0 spiro atoms. The Hall–Kier alpha value is -0.610. The Morgan fingerprint density at radius 3 is 2.57 bits per heavy atom. The van der Waals surface area contributed by atoms with Crippen molar-refractivity contribution < 1.29 is 19.4 Å². The van der Waals surface area contributed by atoms with E-state index >= 15 is 0 Å². The van der Waals surface area contributed by atoms with Gasteiger partial charge in [-0.15, -0.1) is 0 Å². The van der Waals surface area contributed by atoms with Crippen LogP contribution in [-0.4, -0.2) is 37.0 Å². The summed E-state index contributed by atoms with van der Waals surface area (Å²) in [6, 6.07) is 0. The summed E-state index contributed by atoms with van der Waals surface area (Å²) in [5.41, 5.74) is -0.458. The normalized spacial score (nSPS) is 26.0. The topological polar surface area (TPSA) is 59.1 Å². The van der Waals surface area contributed by atoms with Crippen LogP contribution >= 0.6 is 0 Å². The van der Waals surface area contributed by atoms with Crippen LogP contribution in [0.4, 0.5) is 0 Å². The highest BCUT2D eigenvalue weighted by molar-refractivity contribution is 5.75. The van der Waals surface area contributed by atoms with Gasteiger partial charge in [-0.05, 0) is 26.7 Å². The second-order valence-corrected chi connectivity index (χ2v) is 4.31. The smallest absolute Gasteiger partial charge is 0.311 e. The zero-order valence-electron chi connectivity index (χ0n) is 8.95. The van der Waals surface area contributed by atoms with Crippen molar-refractivity contribution in [1.82, 2.24) is 0 Å². The zero-order chi connectivity index (χ0) is 10.8. The molecular weight excluding hydrogens is 184 g/mol. The largest absolute Gasteiger partial charge is 0.469 e. The van der Waals surface area contributed by atoms with Crippen molar-refractivity contribution in [3.05, 3.63) is 0 Å². The molecule has 1 N–H and O–H groups in total. The molecule has 4 heteroatoms. The molecule has 82 valence electrons. The second-order valence-electron chi connectivity index (χ2n) is 4.31. The molecule has 1 aliphatic heterocycles. The Morgan fingerprint density at radius 1 is 1.50 bits per heavy atom. The average molecular weight is 202 g/mol. The van der Waals surface area contributed by atoms with E-state index in [4.69, 9.17) is 14.6 Å². The van der Waals surface area contributed by atoms with E-state index in [-0.39, 0.29) is 24.8 Å². The third kappa shape index (κ3) is 2.69. The monoisotopic (exact) mass is 202 g/mol. The van der Waals surface area contributed by atoms with E-state index in [1.54, 1.807) is 0 Å². The lowest BCUT2D eigenvalue weighted by Gasteiger charge is -2.20. The first-order valence-electron chi connectivity index (χ1n) is 4.86. The van der Waals surface area contributed by atoms with Gasteiger partial charge in [0.05, 0.1) is 25.2 Å². The number of ether oxygens (including phenoxy) is 2. The van der Waals surface area contributed by atoms with Gasteiger partial charge < -0.3 is 14.6 Å². The van der Waals surface area contributed by atoms with Crippen LogP contribution in [0.15, 0.2) is 0 Å². The summed E-state index contributed by atoms with van der Waals surface area (Å²) in [6.45, 7) is 3.79. The molecule has 0 aliphatic carbocycles. The van der Waals surface area contributed by atoms with Crippen LogP contribution in [-0.2, 0) is 14.3 Å². The van der Waals surface area contributed by atoms with E-state index in [1.807, 2.05) is 13.8 Å². The van der Waals surface area contributed by atoms with Crippen LogP contribution in [0.3, 0.4) is 0 Å². The maximum atomic E-state index is 11.3. The molecule has 0 aromatic carbocycles. The van der Waals surface area contributed by atoms with Gasteiger partial charge >= 0.3 is 5.97 Å². The van der Waals surface area contributed by atoms with Gasteiger partial charge in [0.25, 0.3) is 0 Å². The van der Waals surface area contributed by atoms with Gasteiger partial charge in [-0.3, -0.25) is 4.79 Å². The van der Waals surface area contributed by atoms with E-state index in [0.29, 0.717) is 0 Å². The number of carbonyl (C=O) groups excluding carboxylic acids is 1. The molecule has 2 unspecified atom stereocenters. The van der Waals surface area contributed by atoms with E-state index in [0.717, 1.165) is 12.8 Å². The summed E-state index contributed by atoms with van der Waals surface area (Å²) in [6.07, 6.45) is 1.64. The van der Waals surface area contributed by atoms with Gasteiger partial charge in [0.1, 0.15) is 6.10 Å². The fourth-order valence-corrected chi connectivity index (χ4v) is 1.48. The summed E-state index contributed by atoms with van der Waals surface area (Å²) in [4.78, 5) is 11.3. The quantitative estimate of drug-likeness (QED) is 0.527. The fourth-order valence-electron chi connectivity index (χ4n) is 1.48. The molecule has 1 rings (SSSR count). The number of aliphatic hydroxyl groups excluding tert-OH is 1. The van der Waals surface area contributed by atoms with Crippen molar-refractivity contribution in [3.8, 4) is 0 Å². The van der Waals surface area contributed by atoms with Gasteiger partial charge in [0, 0.05) is 0 Å². The molecule has 14 heavy (non-hydrogen) atoms. The minimum absolute atomic E-state index is 0.0107. The van der Waals surface area contributed by atoms with Crippen LogP contribution in [0.2, 0.25) is 0 Å². The third-order valence-electron chi connectivity index (χ3n) is 2.66. The molecule has 0 aromatic heterocycles. The molecule has 0 saturated carbocycles. The Kier molecular flexibility index (Phi) is 3.50. The summed E-state index contributed by atoms with van der Waals surface area (Å²) >= 11 is 0. The van der Waals surface area contributed by atoms with Gasteiger partial charge in [-0.2, -0.15) is 0 Å². The number of rotatable bonds is 5. The van der Waals surface area contributed by atoms with Crippen LogP contribution < -0.4 is 0 Å². The predicted molar refractivity (Wildman–Crippen MR) is 50.8 cm³/mol. The second kappa shape index (κ2) is 4.28. The highest BCUT2D eigenvalue weighted by Gasteiger charge is 2.40. The molecule has 1 saturated heterocycles. The lowest BCUT2D eigenvalue weighted by molar-refractivity contribution is -0.151. The number of carbonyl (C=O) groups is 1. The molecule has 1 heterocycles. The Balaban J connectivity index is 2.26. The van der Waals surface area contributed by atoms with Crippen LogP contribution in [0, 0.1) is 5.41 Å². The summed E-state index contributed by atoms with van der Waals surface area (Å²) < 4.78 is 9.86. The van der Waals surface area contributed by atoms with Crippen molar-refractivity contribution >= 4 is 5.97 Å². The molecular formula is C10H18O4. The van der Waals surface area contributed by atoms with Gasteiger partial charge in [0.2, 0.25) is 0 Å². The first-order chi connectivity index (χ1) is 6.51. The first kappa shape index (κ1) is 11.5. The average Bonchev–Trinajstić information content (AvgIpc) is 2.92. The molecule has 4 nitrogen and oxygen atoms in total. The number of esters is 1. The maximum Gasteiger partial charge on any atom is 0.311 e. The molecule has 2 atom stereocenters. The number of aliphatic hydroxyl groups is 1. The molecule has 0 radical (unpaired) electrons. The lowest BCUT2D eigenvalue weighted by atomic mass is 9.87. The van der Waals surface area contributed by atoms with Gasteiger partial charge in [-0.25, -0.2) is 0 Å². The third-order valence-corrected chi connectivity index (χ3v) is 2.66. The minimum atomic E-state index is -0.458. The highest BCUT2D eigenvalue weighted by Crippen LogP contribution is 2.32. The van der Waals surface area contributed by atoms with Crippen molar-refractivity contribution in [3.63, 3.8) is 0 Å². The molecule has 0 bridgehead atoms. The molecule has 1 fully saturated rings. The van der Waals surface area contributed by atoms with Crippen molar-refractivity contribution in [2.24, 2.45) is 5.41 Å². The van der Waals surface area contributed by atoms with Crippen LogP contribution in [0.25, 0.3) is 0 Å². The zero-order valence-corrected chi connectivity index (χ0v) is 8.95. The van der Waals surface area contributed by atoms with Crippen molar-refractivity contribution in [2.45, 2.75) is 38.9 Å². The number of methoxy groups -OCH3 is 1. The van der Waals surface area contributed by atoms with E-state index < -0.39 is 5.41 Å². The summed E-state index contributed by atoms with van der Waals surface area (Å²) in [5.74, 6) is -0.196. The molecule has 0 amide bonds. The molecule has 1 aliphatic rings. The lowest BCUT2D eigenvalue weighted by Crippen LogP contribution is -2.26. The van der Waals surface area contributed by atoms with E-state index in [2.05, 4.69) is 0 Å². The van der Waals surface area contributed by atoms with Crippen molar-refractivity contribution in [1.29, 1.82) is 0 Å². The van der Waals surface area contributed by atoms with Gasteiger partial charge in [-0.1, -0.05) is 0 Å². The Morgan fingerprint density at radius 2 is 2.14 bits per heavy atom. The van der Waals surface area contributed by atoms with Crippen LogP contribution in [0.5, 0.6) is 0 Å². The number of hydrogen-bond donors (Lipinski definition) is 1. The van der Waals surface area contributed by atoms with Crippen LogP contribution in [0.1, 0.15) is 26.7 Å². The highest BCUT2D eigenvalue weighted by atomic mass is 16.6. The molecule has 0 aromatic rings. The standard InChI is InChI=1S/C10H18O4/c1-10(2,9(12)13-3)5-4-7-8(6-11)14-7/h7-8,11H,4-6H2,1-3H3. The minimum Gasteiger partial charge on any atom is -0.469 e. The maximum absolute atomic E-state index is 11.3. The Labute approximate surface area is 84.2 Å². The van der Waals surface area contributed by atoms with E-state index in [9.17, 15) is 4.79 Å². The Bertz CT molecular complexity index is 212. The SMILES string of the molecule is COC(=O)C(C)(C)CCC1OC1CO. The number of hydrogen-bond acceptors (Lipinski definition) is 4. The van der Waals surface area contributed by atoms with Crippen molar-refractivity contribution in [2.75, 3.05) is 13.7 Å². The fraction of sp³-hybridized carbons (Fsp3) is 0.900.